The van der Waals surface area contributed by atoms with Gasteiger partial charge >= 0.3 is 5.97 Å². The summed E-state index contributed by atoms with van der Waals surface area (Å²) in [6, 6.07) is 7.20. The maximum atomic E-state index is 11.0. The minimum Gasteiger partial charge on any atom is -0.478 e. The van der Waals surface area contributed by atoms with E-state index in [1.54, 1.807) is 12.1 Å². The molecule has 2 aromatic rings. The molecule has 0 bridgehead atoms. The van der Waals surface area contributed by atoms with Gasteiger partial charge in [0.05, 0.1) is 5.56 Å². The molecule has 0 fully saturated rings. The molecule has 1 aromatic heterocycles. The summed E-state index contributed by atoms with van der Waals surface area (Å²) in [6.45, 7) is 4.15. The van der Waals surface area contributed by atoms with E-state index in [0.29, 0.717) is 11.5 Å². The van der Waals surface area contributed by atoms with Crippen molar-refractivity contribution in [3.63, 3.8) is 0 Å². The smallest absolute Gasteiger partial charge is 0.336 e. The van der Waals surface area contributed by atoms with Crippen LogP contribution < -0.4 is 0 Å². The fraction of sp³-hybridized carbons (Fsp3) is 0.250. The first-order valence-corrected chi connectivity index (χ1v) is 4.94. The number of hydrogen-bond acceptors (Lipinski definition) is 1. The third kappa shape index (κ3) is 1.61. The van der Waals surface area contributed by atoms with E-state index in [4.69, 9.17) is 5.11 Å². The number of hydrogen-bond donors (Lipinski definition) is 2. The van der Waals surface area contributed by atoms with Crippen molar-refractivity contribution in [1.29, 1.82) is 0 Å². The molecule has 0 saturated heterocycles. The van der Waals surface area contributed by atoms with Gasteiger partial charge in [-0.3, -0.25) is 0 Å². The molecule has 0 unspecified atom stereocenters. The summed E-state index contributed by atoms with van der Waals surface area (Å²) in [7, 11) is 0. The first kappa shape index (κ1) is 9.77. The lowest BCUT2D eigenvalue weighted by Crippen LogP contribution is -1.95. The van der Waals surface area contributed by atoms with Crippen LogP contribution in [0.15, 0.2) is 24.3 Å². The lowest BCUT2D eigenvalue weighted by atomic mass is 10.1. The van der Waals surface area contributed by atoms with E-state index in [1.165, 1.54) is 0 Å². The van der Waals surface area contributed by atoms with Gasteiger partial charge in [0.15, 0.2) is 0 Å². The summed E-state index contributed by atoms with van der Waals surface area (Å²) in [5, 5.41) is 9.80. The predicted octanol–water partition coefficient (Wildman–Crippen LogP) is 2.99. The molecule has 2 N–H and O–H groups in total. The van der Waals surface area contributed by atoms with E-state index in [2.05, 4.69) is 18.8 Å². The van der Waals surface area contributed by atoms with Gasteiger partial charge in [-0.25, -0.2) is 4.79 Å². The van der Waals surface area contributed by atoms with E-state index in [1.807, 2.05) is 12.1 Å². The van der Waals surface area contributed by atoms with Crippen molar-refractivity contribution in [2.75, 3.05) is 0 Å². The monoisotopic (exact) mass is 203 g/mol. The summed E-state index contributed by atoms with van der Waals surface area (Å²) in [6.07, 6.45) is 0. The fourth-order valence-electron chi connectivity index (χ4n) is 1.67. The van der Waals surface area contributed by atoms with Crippen molar-refractivity contribution in [2.24, 2.45) is 0 Å². The summed E-state index contributed by atoms with van der Waals surface area (Å²) in [5.74, 6) is -0.506. The van der Waals surface area contributed by atoms with Gasteiger partial charge in [-0.2, -0.15) is 0 Å². The number of fused-ring (bicyclic) bond motifs is 1. The first-order valence-electron chi connectivity index (χ1n) is 4.94. The second-order valence-corrected chi connectivity index (χ2v) is 3.95. The number of aromatic amines is 1. The topological polar surface area (TPSA) is 53.1 Å². The van der Waals surface area contributed by atoms with Gasteiger partial charge in [0.1, 0.15) is 0 Å². The third-order valence-corrected chi connectivity index (χ3v) is 2.54. The molecular formula is C12H13NO2. The highest BCUT2D eigenvalue weighted by atomic mass is 16.4. The molecule has 0 aliphatic rings. The average molecular weight is 203 g/mol. The Balaban J connectivity index is 2.70. The highest BCUT2D eigenvalue weighted by Gasteiger charge is 2.11. The SMILES string of the molecule is CC(C)c1cc2c(C(=O)O)cccc2[nH]1. The minimum absolute atomic E-state index is 0.357. The lowest BCUT2D eigenvalue weighted by molar-refractivity contribution is 0.0699. The van der Waals surface area contributed by atoms with Crippen molar-refractivity contribution < 1.29 is 9.90 Å². The van der Waals surface area contributed by atoms with E-state index in [-0.39, 0.29) is 0 Å². The third-order valence-electron chi connectivity index (χ3n) is 2.54. The zero-order valence-electron chi connectivity index (χ0n) is 8.74. The van der Waals surface area contributed by atoms with Crippen LogP contribution >= 0.6 is 0 Å². The molecule has 2 rings (SSSR count). The number of aromatic nitrogens is 1. The molecular weight excluding hydrogens is 190 g/mol. The van der Waals surface area contributed by atoms with Gasteiger partial charge in [0, 0.05) is 16.6 Å². The standard InChI is InChI=1S/C12H13NO2/c1-7(2)11-6-9-8(12(14)15)4-3-5-10(9)13-11/h3-7,13H,1-2H3,(H,14,15). The minimum atomic E-state index is -0.880. The van der Waals surface area contributed by atoms with Gasteiger partial charge in [0.2, 0.25) is 0 Å². The van der Waals surface area contributed by atoms with Crippen LogP contribution in [0, 0.1) is 0 Å². The number of carbonyl (C=O) groups is 1. The molecule has 3 heteroatoms. The zero-order chi connectivity index (χ0) is 11.0. The van der Waals surface area contributed by atoms with Crippen LogP contribution in [-0.2, 0) is 0 Å². The van der Waals surface area contributed by atoms with Crippen LogP contribution in [0.1, 0.15) is 35.8 Å². The highest BCUT2D eigenvalue weighted by Crippen LogP contribution is 2.23. The quantitative estimate of drug-likeness (QED) is 0.788. The zero-order valence-corrected chi connectivity index (χ0v) is 8.74. The number of aromatic carboxylic acids is 1. The molecule has 0 spiro atoms. The van der Waals surface area contributed by atoms with Crippen LogP contribution in [-0.4, -0.2) is 16.1 Å². The molecule has 0 radical (unpaired) electrons. The largest absolute Gasteiger partial charge is 0.478 e. The average Bonchev–Trinajstić information content (AvgIpc) is 2.60. The summed E-state index contributed by atoms with van der Waals surface area (Å²) >= 11 is 0. The Morgan fingerprint density at radius 3 is 2.73 bits per heavy atom. The molecule has 78 valence electrons. The maximum Gasteiger partial charge on any atom is 0.336 e. The van der Waals surface area contributed by atoms with Crippen LogP contribution in [0.5, 0.6) is 0 Å². The van der Waals surface area contributed by atoms with E-state index >= 15 is 0 Å². The molecule has 0 aliphatic carbocycles. The molecule has 1 heterocycles. The highest BCUT2D eigenvalue weighted by molar-refractivity contribution is 6.03. The number of benzene rings is 1. The van der Waals surface area contributed by atoms with E-state index < -0.39 is 5.97 Å². The molecule has 1 aromatic carbocycles. The number of carboxylic acid groups (broad SMARTS) is 1. The summed E-state index contributed by atoms with van der Waals surface area (Å²) in [4.78, 5) is 14.2. The van der Waals surface area contributed by atoms with Gasteiger partial charge in [0.25, 0.3) is 0 Å². The van der Waals surface area contributed by atoms with Crippen LogP contribution in [0.25, 0.3) is 10.9 Å². The van der Waals surface area contributed by atoms with Gasteiger partial charge in [-0.05, 0) is 24.1 Å². The molecule has 0 aliphatic heterocycles. The van der Waals surface area contributed by atoms with Gasteiger partial charge in [-0.15, -0.1) is 0 Å². The summed E-state index contributed by atoms with van der Waals surface area (Å²) in [5.41, 5.74) is 2.31. The Hall–Kier alpha value is -1.77. The number of nitrogens with one attached hydrogen (secondary N) is 1. The number of H-pyrrole nitrogens is 1. The molecule has 0 amide bonds. The Morgan fingerprint density at radius 1 is 1.40 bits per heavy atom. The number of rotatable bonds is 2. The Kier molecular flexibility index (Phi) is 2.23. The predicted molar refractivity (Wildman–Crippen MR) is 59.3 cm³/mol. The van der Waals surface area contributed by atoms with E-state index in [9.17, 15) is 4.79 Å². The second kappa shape index (κ2) is 3.42. The molecule has 0 saturated carbocycles. The van der Waals surface area contributed by atoms with Crippen molar-refractivity contribution in [1.82, 2.24) is 4.98 Å². The Bertz CT molecular complexity index is 511. The molecule has 3 nitrogen and oxygen atoms in total. The van der Waals surface area contributed by atoms with E-state index in [0.717, 1.165) is 16.6 Å². The lowest BCUT2D eigenvalue weighted by Gasteiger charge is -1.97. The number of carboxylic acids is 1. The van der Waals surface area contributed by atoms with Crippen molar-refractivity contribution in [2.45, 2.75) is 19.8 Å². The van der Waals surface area contributed by atoms with Crippen LogP contribution in [0.4, 0.5) is 0 Å². The van der Waals surface area contributed by atoms with Crippen LogP contribution in [0.2, 0.25) is 0 Å². The Labute approximate surface area is 87.7 Å². The second-order valence-electron chi connectivity index (χ2n) is 3.95. The molecule has 0 atom stereocenters. The summed E-state index contributed by atoms with van der Waals surface area (Å²) < 4.78 is 0. The van der Waals surface area contributed by atoms with Crippen molar-refractivity contribution >= 4 is 16.9 Å². The van der Waals surface area contributed by atoms with Gasteiger partial charge < -0.3 is 10.1 Å². The van der Waals surface area contributed by atoms with Crippen molar-refractivity contribution in [3.05, 3.63) is 35.5 Å². The maximum absolute atomic E-state index is 11.0. The van der Waals surface area contributed by atoms with Crippen LogP contribution in [0.3, 0.4) is 0 Å². The van der Waals surface area contributed by atoms with Gasteiger partial charge in [-0.1, -0.05) is 19.9 Å². The van der Waals surface area contributed by atoms with Crippen molar-refractivity contribution in [3.8, 4) is 0 Å². The molecule has 15 heavy (non-hydrogen) atoms. The normalized spacial score (nSPS) is 11.1. The fourth-order valence-corrected chi connectivity index (χ4v) is 1.67. The first-order chi connectivity index (χ1) is 7.09. The Morgan fingerprint density at radius 2 is 2.13 bits per heavy atom.